The first-order chi connectivity index (χ1) is 8.90. The highest BCUT2D eigenvalue weighted by atomic mass is 15.3. The van der Waals surface area contributed by atoms with E-state index in [0.717, 1.165) is 45.1 Å². The molecule has 2 heterocycles. The lowest BCUT2D eigenvalue weighted by Gasteiger charge is -2.35. The Kier molecular flexibility index (Phi) is 5.00. The summed E-state index contributed by atoms with van der Waals surface area (Å²) in [5.74, 6) is 3.67. The Morgan fingerprint density at radius 1 is 1.28 bits per heavy atom. The van der Waals surface area contributed by atoms with E-state index >= 15 is 0 Å². The number of terminal acetylenes is 1. The molecule has 0 amide bonds. The summed E-state index contributed by atoms with van der Waals surface area (Å²) >= 11 is 0. The van der Waals surface area contributed by atoms with E-state index in [9.17, 15) is 0 Å². The van der Waals surface area contributed by atoms with E-state index < -0.39 is 0 Å². The SMILES string of the molecule is C#CCNCCN1CCN(c2ccccn2)CC1. The molecule has 1 aromatic rings. The van der Waals surface area contributed by atoms with E-state index in [1.807, 2.05) is 18.3 Å². The molecule has 0 spiro atoms. The lowest BCUT2D eigenvalue weighted by molar-refractivity contribution is 0.258. The van der Waals surface area contributed by atoms with Gasteiger partial charge in [-0.1, -0.05) is 12.0 Å². The van der Waals surface area contributed by atoms with Crippen LogP contribution in [0.4, 0.5) is 5.82 Å². The van der Waals surface area contributed by atoms with Crippen LogP contribution in [0.25, 0.3) is 0 Å². The second-order valence-electron chi connectivity index (χ2n) is 4.40. The second kappa shape index (κ2) is 7.00. The van der Waals surface area contributed by atoms with Gasteiger partial charge >= 0.3 is 0 Å². The lowest BCUT2D eigenvalue weighted by Crippen LogP contribution is -2.48. The van der Waals surface area contributed by atoms with Gasteiger partial charge in [0.25, 0.3) is 0 Å². The fraction of sp³-hybridized carbons (Fsp3) is 0.500. The predicted octanol–water partition coefficient (Wildman–Crippen LogP) is 0.426. The van der Waals surface area contributed by atoms with Crippen molar-refractivity contribution in [3.8, 4) is 12.3 Å². The molecule has 1 aliphatic rings. The van der Waals surface area contributed by atoms with Crippen molar-refractivity contribution in [1.82, 2.24) is 15.2 Å². The van der Waals surface area contributed by atoms with Gasteiger partial charge < -0.3 is 10.2 Å². The van der Waals surface area contributed by atoms with Gasteiger partial charge in [0.05, 0.1) is 6.54 Å². The molecule has 2 rings (SSSR count). The highest BCUT2D eigenvalue weighted by Crippen LogP contribution is 2.11. The van der Waals surface area contributed by atoms with Crippen molar-refractivity contribution < 1.29 is 0 Å². The summed E-state index contributed by atoms with van der Waals surface area (Å²) in [7, 11) is 0. The molecular weight excluding hydrogens is 224 g/mol. The Balaban J connectivity index is 1.70. The van der Waals surface area contributed by atoms with Crippen LogP contribution in [-0.4, -0.2) is 55.7 Å². The van der Waals surface area contributed by atoms with Crippen molar-refractivity contribution in [2.75, 3.05) is 50.7 Å². The zero-order valence-electron chi connectivity index (χ0n) is 10.7. The number of aromatic nitrogens is 1. The first-order valence-electron chi connectivity index (χ1n) is 6.42. The zero-order chi connectivity index (χ0) is 12.6. The van der Waals surface area contributed by atoms with Crippen molar-refractivity contribution >= 4 is 5.82 Å². The zero-order valence-corrected chi connectivity index (χ0v) is 10.7. The molecule has 1 aromatic heterocycles. The summed E-state index contributed by atoms with van der Waals surface area (Å²) in [6, 6.07) is 6.07. The Morgan fingerprint density at radius 2 is 2.11 bits per heavy atom. The molecule has 1 N–H and O–H groups in total. The molecule has 1 aliphatic heterocycles. The van der Waals surface area contributed by atoms with Gasteiger partial charge in [-0.05, 0) is 12.1 Å². The van der Waals surface area contributed by atoms with Crippen molar-refractivity contribution in [3.05, 3.63) is 24.4 Å². The van der Waals surface area contributed by atoms with E-state index in [-0.39, 0.29) is 0 Å². The van der Waals surface area contributed by atoms with Crippen LogP contribution >= 0.6 is 0 Å². The van der Waals surface area contributed by atoms with E-state index in [1.165, 1.54) is 0 Å². The van der Waals surface area contributed by atoms with Crippen molar-refractivity contribution in [2.45, 2.75) is 0 Å². The van der Waals surface area contributed by atoms with Crippen LogP contribution in [0.15, 0.2) is 24.4 Å². The molecule has 1 fully saturated rings. The molecule has 0 unspecified atom stereocenters. The number of hydrogen-bond acceptors (Lipinski definition) is 4. The predicted molar refractivity (Wildman–Crippen MR) is 74.6 cm³/mol. The number of anilines is 1. The van der Waals surface area contributed by atoms with Gasteiger partial charge in [0, 0.05) is 45.5 Å². The van der Waals surface area contributed by atoms with E-state index in [0.29, 0.717) is 6.54 Å². The van der Waals surface area contributed by atoms with Crippen LogP contribution in [0.3, 0.4) is 0 Å². The molecule has 4 nitrogen and oxygen atoms in total. The molecule has 0 bridgehead atoms. The van der Waals surface area contributed by atoms with Gasteiger partial charge in [0.2, 0.25) is 0 Å². The van der Waals surface area contributed by atoms with Crippen LogP contribution in [0, 0.1) is 12.3 Å². The molecular formula is C14H20N4. The van der Waals surface area contributed by atoms with Gasteiger partial charge in [0.1, 0.15) is 5.82 Å². The van der Waals surface area contributed by atoms with Gasteiger partial charge in [-0.25, -0.2) is 4.98 Å². The summed E-state index contributed by atoms with van der Waals surface area (Å²) in [6.07, 6.45) is 7.04. The molecule has 0 aromatic carbocycles. The Hall–Kier alpha value is -1.57. The summed E-state index contributed by atoms with van der Waals surface area (Å²) in [6.45, 7) is 6.97. The number of nitrogens with one attached hydrogen (secondary N) is 1. The fourth-order valence-corrected chi connectivity index (χ4v) is 2.14. The van der Waals surface area contributed by atoms with Crippen LogP contribution < -0.4 is 10.2 Å². The summed E-state index contributed by atoms with van der Waals surface area (Å²) in [4.78, 5) is 9.19. The number of rotatable bonds is 5. The standard InChI is InChI=1S/C14H20N4/c1-2-6-15-8-9-17-10-12-18(13-11-17)14-5-3-4-7-16-14/h1,3-5,7,15H,6,8-13H2. The molecule has 96 valence electrons. The molecule has 4 heteroatoms. The number of hydrogen-bond donors (Lipinski definition) is 1. The van der Waals surface area contributed by atoms with Crippen LogP contribution in [-0.2, 0) is 0 Å². The molecule has 0 saturated carbocycles. The Morgan fingerprint density at radius 3 is 2.78 bits per heavy atom. The fourth-order valence-electron chi connectivity index (χ4n) is 2.14. The van der Waals surface area contributed by atoms with Gasteiger partial charge in [-0.2, -0.15) is 0 Å². The minimum Gasteiger partial charge on any atom is -0.354 e. The van der Waals surface area contributed by atoms with Gasteiger partial charge in [-0.3, -0.25) is 4.90 Å². The third-order valence-electron chi connectivity index (χ3n) is 3.18. The minimum absolute atomic E-state index is 0.661. The third-order valence-corrected chi connectivity index (χ3v) is 3.18. The summed E-state index contributed by atoms with van der Waals surface area (Å²) in [5, 5.41) is 3.22. The molecule has 0 radical (unpaired) electrons. The smallest absolute Gasteiger partial charge is 0.128 e. The maximum atomic E-state index is 5.19. The molecule has 1 saturated heterocycles. The largest absolute Gasteiger partial charge is 0.354 e. The third kappa shape index (κ3) is 3.73. The average molecular weight is 244 g/mol. The summed E-state index contributed by atoms with van der Waals surface area (Å²) in [5.41, 5.74) is 0. The number of nitrogens with zero attached hydrogens (tertiary/aromatic N) is 3. The van der Waals surface area contributed by atoms with Crippen molar-refractivity contribution in [3.63, 3.8) is 0 Å². The number of piperazine rings is 1. The normalized spacial score (nSPS) is 16.5. The highest BCUT2D eigenvalue weighted by molar-refractivity contribution is 5.38. The second-order valence-corrected chi connectivity index (χ2v) is 4.40. The average Bonchev–Trinajstić information content (AvgIpc) is 2.45. The van der Waals surface area contributed by atoms with E-state index in [4.69, 9.17) is 6.42 Å². The van der Waals surface area contributed by atoms with Crippen molar-refractivity contribution in [2.24, 2.45) is 0 Å². The van der Waals surface area contributed by atoms with Gasteiger partial charge in [-0.15, -0.1) is 6.42 Å². The lowest BCUT2D eigenvalue weighted by atomic mass is 10.3. The van der Waals surface area contributed by atoms with Crippen LogP contribution in [0.5, 0.6) is 0 Å². The topological polar surface area (TPSA) is 31.4 Å². The minimum atomic E-state index is 0.661. The van der Waals surface area contributed by atoms with E-state index in [1.54, 1.807) is 0 Å². The Bertz CT molecular complexity index is 377. The Labute approximate surface area is 109 Å². The molecule has 0 atom stereocenters. The molecule has 18 heavy (non-hydrogen) atoms. The first kappa shape index (κ1) is 12.9. The van der Waals surface area contributed by atoms with E-state index in [2.05, 4.69) is 32.1 Å². The monoisotopic (exact) mass is 244 g/mol. The van der Waals surface area contributed by atoms with Gasteiger partial charge in [0.15, 0.2) is 0 Å². The maximum absolute atomic E-state index is 5.19. The first-order valence-corrected chi connectivity index (χ1v) is 6.42. The number of pyridine rings is 1. The summed E-state index contributed by atoms with van der Waals surface area (Å²) < 4.78 is 0. The maximum Gasteiger partial charge on any atom is 0.128 e. The van der Waals surface area contributed by atoms with Crippen LogP contribution in [0.2, 0.25) is 0 Å². The highest BCUT2D eigenvalue weighted by Gasteiger charge is 2.16. The van der Waals surface area contributed by atoms with Crippen LogP contribution in [0.1, 0.15) is 0 Å². The molecule has 0 aliphatic carbocycles. The quantitative estimate of drug-likeness (QED) is 0.601. The van der Waals surface area contributed by atoms with Crippen molar-refractivity contribution in [1.29, 1.82) is 0 Å².